The first kappa shape index (κ1) is 31.7. The lowest BCUT2D eigenvalue weighted by Crippen LogP contribution is -2.45. The third-order valence-corrected chi connectivity index (χ3v) is 5.61. The molecule has 2 saturated heterocycles. The number of carboxylic acids is 2. The number of piperazine rings is 1. The van der Waals surface area contributed by atoms with Crippen molar-refractivity contribution >= 4 is 23.5 Å². The molecule has 0 radical (unpaired) electrons. The molecule has 1 unspecified atom stereocenters. The van der Waals surface area contributed by atoms with Gasteiger partial charge < -0.3 is 24.7 Å². The Hall–Kier alpha value is -3.51. The summed E-state index contributed by atoms with van der Waals surface area (Å²) in [6, 6.07) is 3.88. The predicted octanol–water partition coefficient (Wildman–Crippen LogP) is 1.39. The number of nitrogens with zero attached hydrogens (tertiary/aromatic N) is 6. The van der Waals surface area contributed by atoms with Crippen LogP contribution in [0.25, 0.3) is 5.65 Å². The SMILES string of the molecule is CN1CCN(C)C(c2nnc3ccc(C(=O)N4CCOCC4)cn23)C1.O=C(O)C(F)(F)F.O=C(O)C(F)(F)F. The lowest BCUT2D eigenvalue weighted by molar-refractivity contribution is -0.193. The Bertz CT molecular complexity index is 1130. The lowest BCUT2D eigenvalue weighted by Gasteiger charge is -2.36. The van der Waals surface area contributed by atoms with Crippen LogP contribution < -0.4 is 0 Å². The van der Waals surface area contributed by atoms with E-state index in [2.05, 4.69) is 34.1 Å². The fourth-order valence-electron chi connectivity index (χ4n) is 3.50. The van der Waals surface area contributed by atoms with Crippen LogP contribution in [0, 0.1) is 0 Å². The number of hydrogen-bond acceptors (Lipinski definition) is 8. The molecule has 2 aromatic rings. The smallest absolute Gasteiger partial charge is 0.475 e. The van der Waals surface area contributed by atoms with Gasteiger partial charge >= 0.3 is 24.3 Å². The summed E-state index contributed by atoms with van der Waals surface area (Å²) < 4.78 is 70.8. The largest absolute Gasteiger partial charge is 0.490 e. The molecule has 218 valence electrons. The van der Waals surface area contributed by atoms with Crippen LogP contribution in [0.4, 0.5) is 26.3 Å². The molecular weight excluding hydrogens is 546 g/mol. The third kappa shape index (κ3) is 9.03. The number of amides is 1. The Balaban J connectivity index is 0.000000317. The second-order valence-electron chi connectivity index (χ2n) is 8.47. The standard InChI is InChI=1S/C17H24N6O2.2C2HF3O2/c1-20-5-6-21(2)14(12-20)16-19-18-15-4-3-13(11-23(15)16)17(24)22-7-9-25-10-8-22;2*3-2(4,5)1(6)7/h3-4,11,14H,5-10,12H2,1-2H3;2*(H,6,7). The lowest BCUT2D eigenvalue weighted by atomic mass is 10.1. The van der Waals surface area contributed by atoms with Gasteiger partial charge in [0.25, 0.3) is 5.91 Å². The Labute approximate surface area is 217 Å². The zero-order valence-corrected chi connectivity index (χ0v) is 20.7. The maximum Gasteiger partial charge on any atom is 0.490 e. The number of likely N-dealkylation sites (N-methyl/N-ethyl adjacent to an activating group) is 2. The van der Waals surface area contributed by atoms with Crippen molar-refractivity contribution in [3.63, 3.8) is 0 Å². The minimum absolute atomic E-state index is 0.0407. The molecule has 2 N–H and O–H groups in total. The first-order valence-corrected chi connectivity index (χ1v) is 11.2. The van der Waals surface area contributed by atoms with Gasteiger partial charge in [0.1, 0.15) is 0 Å². The topological polar surface area (TPSA) is 141 Å². The molecule has 2 aromatic heterocycles. The summed E-state index contributed by atoms with van der Waals surface area (Å²) in [7, 11) is 4.23. The fourth-order valence-corrected chi connectivity index (χ4v) is 3.50. The summed E-state index contributed by atoms with van der Waals surface area (Å²) in [5, 5.41) is 23.0. The predicted molar refractivity (Wildman–Crippen MR) is 120 cm³/mol. The molecule has 39 heavy (non-hydrogen) atoms. The van der Waals surface area contributed by atoms with Crippen LogP contribution in [0.1, 0.15) is 22.2 Å². The summed E-state index contributed by atoms with van der Waals surface area (Å²) in [5.41, 5.74) is 1.44. The zero-order chi connectivity index (χ0) is 29.5. The summed E-state index contributed by atoms with van der Waals surface area (Å²) in [6.45, 7) is 5.42. The average Bonchev–Trinajstić information content (AvgIpc) is 3.28. The molecule has 2 fully saturated rings. The van der Waals surface area contributed by atoms with Gasteiger partial charge in [0.05, 0.1) is 24.8 Å². The fraction of sp³-hybridized carbons (Fsp3) is 0.571. The van der Waals surface area contributed by atoms with Gasteiger partial charge in [-0.25, -0.2) is 9.59 Å². The molecule has 0 aromatic carbocycles. The van der Waals surface area contributed by atoms with Crippen molar-refractivity contribution in [2.24, 2.45) is 0 Å². The Morgan fingerprint density at radius 3 is 1.95 bits per heavy atom. The number of pyridine rings is 1. The highest BCUT2D eigenvalue weighted by Crippen LogP contribution is 2.23. The number of carbonyl (C=O) groups excluding carboxylic acids is 1. The molecule has 4 heterocycles. The second kappa shape index (κ2) is 13.0. The first-order chi connectivity index (χ1) is 18.0. The van der Waals surface area contributed by atoms with Crippen LogP contribution in [0.15, 0.2) is 18.3 Å². The van der Waals surface area contributed by atoms with Crippen LogP contribution in [0.5, 0.6) is 0 Å². The number of carbonyl (C=O) groups is 3. The van der Waals surface area contributed by atoms with Crippen molar-refractivity contribution in [3.8, 4) is 0 Å². The van der Waals surface area contributed by atoms with E-state index in [-0.39, 0.29) is 11.9 Å². The number of rotatable bonds is 2. The van der Waals surface area contributed by atoms with E-state index < -0.39 is 24.3 Å². The number of carboxylic acid groups (broad SMARTS) is 2. The van der Waals surface area contributed by atoms with E-state index in [4.69, 9.17) is 24.5 Å². The molecule has 12 nitrogen and oxygen atoms in total. The Morgan fingerprint density at radius 2 is 1.44 bits per heavy atom. The minimum Gasteiger partial charge on any atom is -0.475 e. The number of halogens is 6. The second-order valence-corrected chi connectivity index (χ2v) is 8.47. The molecule has 2 aliphatic rings. The monoisotopic (exact) mass is 572 g/mol. The van der Waals surface area contributed by atoms with Gasteiger partial charge in [-0.1, -0.05) is 0 Å². The van der Waals surface area contributed by atoms with Crippen molar-refractivity contribution in [1.29, 1.82) is 0 Å². The van der Waals surface area contributed by atoms with Crippen LogP contribution in [0.2, 0.25) is 0 Å². The molecule has 0 spiro atoms. The number of morpholine rings is 1. The molecule has 0 aliphatic carbocycles. The highest BCUT2D eigenvalue weighted by atomic mass is 19.4. The number of alkyl halides is 6. The number of hydrogen-bond donors (Lipinski definition) is 2. The van der Waals surface area contributed by atoms with E-state index in [0.717, 1.165) is 31.1 Å². The van der Waals surface area contributed by atoms with Gasteiger partial charge in [-0.3, -0.25) is 14.1 Å². The van der Waals surface area contributed by atoms with Crippen LogP contribution in [0.3, 0.4) is 0 Å². The van der Waals surface area contributed by atoms with Gasteiger partial charge in [0, 0.05) is 38.9 Å². The van der Waals surface area contributed by atoms with Gasteiger partial charge in [-0.05, 0) is 26.2 Å². The van der Waals surface area contributed by atoms with Crippen molar-refractivity contribution in [1.82, 2.24) is 29.3 Å². The van der Waals surface area contributed by atoms with Crippen molar-refractivity contribution in [2.75, 3.05) is 60.0 Å². The number of ether oxygens (including phenoxy) is 1. The van der Waals surface area contributed by atoms with Crippen LogP contribution in [-0.4, -0.2) is 130 Å². The zero-order valence-electron chi connectivity index (χ0n) is 20.7. The quantitative estimate of drug-likeness (QED) is 0.508. The normalized spacial score (nSPS) is 19.0. The molecule has 0 saturated carbocycles. The molecule has 4 rings (SSSR count). The number of fused-ring (bicyclic) bond motifs is 1. The first-order valence-electron chi connectivity index (χ1n) is 11.2. The van der Waals surface area contributed by atoms with Crippen molar-refractivity contribution in [3.05, 3.63) is 29.7 Å². The summed E-state index contributed by atoms with van der Waals surface area (Å²) in [5.74, 6) is -4.58. The van der Waals surface area contributed by atoms with Gasteiger partial charge in [0.2, 0.25) is 0 Å². The van der Waals surface area contributed by atoms with Crippen LogP contribution in [-0.2, 0) is 14.3 Å². The Morgan fingerprint density at radius 1 is 0.897 bits per heavy atom. The van der Waals surface area contributed by atoms with Crippen molar-refractivity contribution < 1.29 is 55.7 Å². The van der Waals surface area contributed by atoms with Gasteiger partial charge in [-0.15, -0.1) is 10.2 Å². The van der Waals surface area contributed by atoms with E-state index in [1.165, 1.54) is 0 Å². The van der Waals surface area contributed by atoms with E-state index in [1.807, 2.05) is 27.6 Å². The molecular formula is C21H26F6N6O6. The van der Waals surface area contributed by atoms with Gasteiger partial charge in [-0.2, -0.15) is 26.3 Å². The number of aliphatic carboxylic acids is 2. The Kier molecular flexibility index (Phi) is 10.6. The maximum absolute atomic E-state index is 12.8. The third-order valence-electron chi connectivity index (χ3n) is 5.61. The summed E-state index contributed by atoms with van der Waals surface area (Å²) >= 11 is 0. The summed E-state index contributed by atoms with van der Waals surface area (Å²) in [4.78, 5) is 37.0. The van der Waals surface area contributed by atoms with Crippen molar-refractivity contribution in [2.45, 2.75) is 18.4 Å². The van der Waals surface area contributed by atoms with E-state index in [0.29, 0.717) is 31.9 Å². The summed E-state index contributed by atoms with van der Waals surface area (Å²) in [6.07, 6.45) is -8.29. The molecule has 18 heteroatoms. The molecule has 0 bridgehead atoms. The molecule has 2 aliphatic heterocycles. The molecule has 1 atom stereocenters. The number of aromatic nitrogens is 3. The maximum atomic E-state index is 12.8. The highest BCUT2D eigenvalue weighted by molar-refractivity contribution is 5.94. The highest BCUT2D eigenvalue weighted by Gasteiger charge is 2.39. The van der Waals surface area contributed by atoms with Crippen LogP contribution >= 0.6 is 0 Å². The van der Waals surface area contributed by atoms with Gasteiger partial charge in [0.15, 0.2) is 11.5 Å². The minimum atomic E-state index is -5.08. The van der Waals surface area contributed by atoms with E-state index >= 15 is 0 Å². The average molecular weight is 572 g/mol. The van der Waals surface area contributed by atoms with E-state index in [9.17, 15) is 31.1 Å². The molecule has 1 amide bonds. The van der Waals surface area contributed by atoms with E-state index in [1.54, 1.807) is 0 Å².